The molecule has 24 heavy (non-hydrogen) atoms. The average molecular weight is 323 g/mol. The predicted molar refractivity (Wildman–Crippen MR) is 91.9 cm³/mol. The van der Waals surface area contributed by atoms with Gasteiger partial charge in [-0.05, 0) is 43.5 Å². The summed E-state index contributed by atoms with van der Waals surface area (Å²) in [7, 11) is 0. The zero-order chi connectivity index (χ0) is 16.4. The van der Waals surface area contributed by atoms with Crippen molar-refractivity contribution in [3.63, 3.8) is 0 Å². The third kappa shape index (κ3) is 3.15. The van der Waals surface area contributed by atoms with E-state index in [4.69, 9.17) is 9.47 Å². The quantitative estimate of drug-likeness (QED) is 0.633. The largest absolute Gasteiger partial charge is 0.514 e. The van der Waals surface area contributed by atoms with E-state index in [0.717, 1.165) is 43.6 Å². The molecule has 3 aliphatic rings. The summed E-state index contributed by atoms with van der Waals surface area (Å²) in [6, 6.07) is 17.5. The topological polar surface area (TPSA) is 38.8 Å². The summed E-state index contributed by atoms with van der Waals surface area (Å²) in [5, 5.41) is 0. The van der Waals surface area contributed by atoms with Gasteiger partial charge >= 0.3 is 6.16 Å². The van der Waals surface area contributed by atoms with E-state index < -0.39 is 6.16 Å². The van der Waals surface area contributed by atoms with Gasteiger partial charge in [0.25, 0.3) is 0 Å². The van der Waals surface area contributed by atoms with Gasteiger partial charge in [0.2, 0.25) is 0 Å². The van der Waals surface area contributed by atoms with Crippen LogP contribution in [0.3, 0.4) is 0 Å². The summed E-state index contributed by atoms with van der Waals surface area (Å²) in [5.74, 6) is 1.02. The molecular formula is C20H21NO3. The predicted octanol–water partition coefficient (Wildman–Crippen LogP) is 3.96. The summed E-state index contributed by atoms with van der Waals surface area (Å²) in [5.41, 5.74) is 1.91. The molecule has 1 unspecified atom stereocenters. The molecule has 0 spiro atoms. The molecule has 3 heterocycles. The maximum Gasteiger partial charge on any atom is 0.514 e. The Kier molecular flexibility index (Phi) is 4.22. The Hall–Kier alpha value is -2.33. The summed E-state index contributed by atoms with van der Waals surface area (Å²) >= 11 is 0. The van der Waals surface area contributed by atoms with Gasteiger partial charge in [0.15, 0.2) is 0 Å². The fourth-order valence-electron chi connectivity index (χ4n) is 3.69. The number of benzene rings is 2. The molecule has 124 valence electrons. The fourth-order valence-corrected chi connectivity index (χ4v) is 3.69. The molecule has 0 radical (unpaired) electrons. The van der Waals surface area contributed by atoms with E-state index in [1.54, 1.807) is 6.07 Å². The molecule has 3 aliphatic heterocycles. The highest BCUT2D eigenvalue weighted by Crippen LogP contribution is 2.32. The van der Waals surface area contributed by atoms with E-state index in [2.05, 4.69) is 4.90 Å². The van der Waals surface area contributed by atoms with Gasteiger partial charge in [-0.2, -0.15) is 0 Å². The van der Waals surface area contributed by atoms with Crippen molar-refractivity contribution < 1.29 is 14.3 Å². The summed E-state index contributed by atoms with van der Waals surface area (Å²) < 4.78 is 11.1. The second kappa shape index (κ2) is 6.65. The zero-order valence-corrected chi connectivity index (χ0v) is 13.6. The maximum atomic E-state index is 12.3. The molecule has 2 bridgehead atoms. The molecule has 3 fully saturated rings. The van der Waals surface area contributed by atoms with Crippen LogP contribution in [-0.4, -0.2) is 36.8 Å². The maximum absolute atomic E-state index is 12.3. The third-order valence-electron chi connectivity index (χ3n) is 5.01. The van der Waals surface area contributed by atoms with E-state index in [1.165, 1.54) is 0 Å². The van der Waals surface area contributed by atoms with Gasteiger partial charge in [-0.3, -0.25) is 4.90 Å². The molecule has 4 heteroatoms. The first-order chi connectivity index (χ1) is 11.8. The number of carbonyl (C=O) groups excluding carboxylic acids is 1. The van der Waals surface area contributed by atoms with E-state index in [0.29, 0.717) is 11.7 Å². The number of ether oxygens (including phenoxy) is 2. The van der Waals surface area contributed by atoms with Crippen molar-refractivity contribution in [1.29, 1.82) is 0 Å². The minimum atomic E-state index is -0.600. The molecule has 5 rings (SSSR count). The van der Waals surface area contributed by atoms with Gasteiger partial charge in [-0.1, -0.05) is 48.5 Å². The van der Waals surface area contributed by atoms with Crippen molar-refractivity contribution in [2.45, 2.75) is 18.9 Å². The lowest BCUT2D eigenvalue weighted by molar-refractivity contribution is -0.0462. The molecule has 2 aromatic carbocycles. The number of piperidine rings is 3. The highest BCUT2D eigenvalue weighted by molar-refractivity contribution is 5.74. The highest BCUT2D eigenvalue weighted by Gasteiger charge is 2.37. The lowest BCUT2D eigenvalue weighted by Gasteiger charge is -2.43. The smallest absolute Gasteiger partial charge is 0.429 e. The summed E-state index contributed by atoms with van der Waals surface area (Å²) in [6.45, 7) is 3.08. The number of fused-ring (bicyclic) bond motifs is 3. The molecular weight excluding hydrogens is 302 g/mol. The Morgan fingerprint density at radius 2 is 1.67 bits per heavy atom. The van der Waals surface area contributed by atoms with E-state index in [-0.39, 0.29) is 6.10 Å². The number of carbonyl (C=O) groups is 1. The lowest BCUT2D eigenvalue weighted by atomic mass is 9.86. The minimum absolute atomic E-state index is 0.0381. The van der Waals surface area contributed by atoms with Gasteiger partial charge in [-0.25, -0.2) is 4.79 Å². The SMILES string of the molecule is O=C(Oc1ccccc1-c1ccccc1)OC1CN2CCC1CC2. The highest BCUT2D eigenvalue weighted by atomic mass is 16.7. The molecule has 0 amide bonds. The van der Waals surface area contributed by atoms with Crippen molar-refractivity contribution in [3.8, 4) is 16.9 Å². The molecule has 3 saturated heterocycles. The van der Waals surface area contributed by atoms with E-state index in [9.17, 15) is 4.79 Å². The van der Waals surface area contributed by atoms with Crippen molar-refractivity contribution in [1.82, 2.24) is 4.90 Å². The van der Waals surface area contributed by atoms with Crippen LogP contribution in [0.4, 0.5) is 4.79 Å². The third-order valence-corrected chi connectivity index (χ3v) is 5.01. The zero-order valence-electron chi connectivity index (χ0n) is 13.6. The van der Waals surface area contributed by atoms with Crippen molar-refractivity contribution in [2.75, 3.05) is 19.6 Å². The number of hydrogen-bond acceptors (Lipinski definition) is 4. The Bertz CT molecular complexity index is 708. The molecule has 0 aromatic heterocycles. The van der Waals surface area contributed by atoms with Crippen molar-refractivity contribution in [2.24, 2.45) is 5.92 Å². The number of para-hydroxylation sites is 1. The van der Waals surface area contributed by atoms with Crippen LogP contribution in [0.15, 0.2) is 54.6 Å². The van der Waals surface area contributed by atoms with Crippen LogP contribution in [0.5, 0.6) is 5.75 Å². The van der Waals surface area contributed by atoms with Crippen LogP contribution in [0.25, 0.3) is 11.1 Å². The van der Waals surface area contributed by atoms with Crippen molar-refractivity contribution in [3.05, 3.63) is 54.6 Å². The Morgan fingerprint density at radius 1 is 0.958 bits per heavy atom. The molecule has 2 aromatic rings. The average Bonchev–Trinajstić information content (AvgIpc) is 2.64. The number of hydrogen-bond donors (Lipinski definition) is 0. The summed E-state index contributed by atoms with van der Waals surface area (Å²) in [6.07, 6.45) is 1.58. The standard InChI is InChI=1S/C20H21NO3/c22-20(24-19-14-21-12-10-16(19)11-13-21)23-18-9-5-4-8-17(18)15-6-2-1-3-7-15/h1-9,16,19H,10-14H2. The monoisotopic (exact) mass is 323 g/mol. The first kappa shape index (κ1) is 15.2. The van der Waals surface area contributed by atoms with Gasteiger partial charge in [0.1, 0.15) is 11.9 Å². The van der Waals surface area contributed by atoms with E-state index >= 15 is 0 Å². The van der Waals surface area contributed by atoms with Gasteiger partial charge in [0, 0.05) is 12.1 Å². The van der Waals surface area contributed by atoms with E-state index in [1.807, 2.05) is 48.5 Å². The first-order valence-corrected chi connectivity index (χ1v) is 8.55. The number of rotatable bonds is 3. The second-order valence-electron chi connectivity index (χ2n) is 6.51. The minimum Gasteiger partial charge on any atom is -0.429 e. The first-order valence-electron chi connectivity index (χ1n) is 8.55. The van der Waals surface area contributed by atoms with Crippen LogP contribution in [0, 0.1) is 5.92 Å². The molecule has 0 saturated carbocycles. The Balaban J connectivity index is 1.47. The summed E-state index contributed by atoms with van der Waals surface area (Å²) in [4.78, 5) is 14.6. The van der Waals surface area contributed by atoms with Crippen LogP contribution < -0.4 is 4.74 Å². The van der Waals surface area contributed by atoms with Crippen LogP contribution in [0.2, 0.25) is 0 Å². The lowest BCUT2D eigenvalue weighted by Crippen LogP contribution is -2.52. The van der Waals surface area contributed by atoms with Gasteiger partial charge in [0.05, 0.1) is 0 Å². The normalized spacial score (nSPS) is 25.2. The van der Waals surface area contributed by atoms with Gasteiger partial charge < -0.3 is 9.47 Å². The number of nitrogens with zero attached hydrogens (tertiary/aromatic N) is 1. The van der Waals surface area contributed by atoms with Crippen LogP contribution in [0.1, 0.15) is 12.8 Å². The Labute approximate surface area is 142 Å². The molecule has 0 aliphatic carbocycles. The Morgan fingerprint density at radius 3 is 2.38 bits per heavy atom. The molecule has 4 nitrogen and oxygen atoms in total. The van der Waals surface area contributed by atoms with Crippen LogP contribution >= 0.6 is 0 Å². The molecule has 0 N–H and O–H groups in total. The van der Waals surface area contributed by atoms with Crippen LogP contribution in [-0.2, 0) is 4.74 Å². The molecule has 1 atom stereocenters. The fraction of sp³-hybridized carbons (Fsp3) is 0.350. The second-order valence-corrected chi connectivity index (χ2v) is 6.51. The van der Waals surface area contributed by atoms with Gasteiger partial charge in [-0.15, -0.1) is 0 Å². The van der Waals surface area contributed by atoms with Crippen molar-refractivity contribution >= 4 is 6.16 Å².